The first-order valence-corrected chi connectivity index (χ1v) is 10.9. The Morgan fingerprint density at radius 2 is 2.18 bits per heavy atom. The van der Waals surface area contributed by atoms with Gasteiger partial charge in [0, 0.05) is 43.5 Å². The molecule has 1 aromatic carbocycles. The van der Waals surface area contributed by atoms with Crippen molar-refractivity contribution < 1.29 is 14.7 Å². The summed E-state index contributed by atoms with van der Waals surface area (Å²) in [6, 6.07) is 9.09. The Morgan fingerprint density at radius 3 is 2.88 bits per heavy atom. The third-order valence-electron chi connectivity index (χ3n) is 6.34. The summed E-state index contributed by atoms with van der Waals surface area (Å²) in [5.41, 5.74) is 7.38. The van der Waals surface area contributed by atoms with E-state index in [9.17, 15) is 14.7 Å². The zero-order chi connectivity index (χ0) is 23.2. The SMILES string of the molecule is CN1CC[C@@](O)(C#Cc2cccc(-n3nc(C(N)=O)c4c3CCC[C@@H]4n3cccn3)c2)C1=O. The third-order valence-corrected chi connectivity index (χ3v) is 6.34. The Kier molecular flexibility index (Phi) is 5.02. The maximum atomic E-state index is 12.3. The predicted molar refractivity (Wildman–Crippen MR) is 119 cm³/mol. The van der Waals surface area contributed by atoms with Gasteiger partial charge in [0.2, 0.25) is 5.60 Å². The van der Waals surface area contributed by atoms with Gasteiger partial charge >= 0.3 is 0 Å². The van der Waals surface area contributed by atoms with E-state index in [4.69, 9.17) is 5.73 Å². The van der Waals surface area contributed by atoms with Gasteiger partial charge in [-0.1, -0.05) is 17.9 Å². The summed E-state index contributed by atoms with van der Waals surface area (Å²) in [6.07, 6.45) is 6.38. The first-order chi connectivity index (χ1) is 15.9. The van der Waals surface area contributed by atoms with Crippen LogP contribution < -0.4 is 5.73 Å². The van der Waals surface area contributed by atoms with Crippen molar-refractivity contribution in [2.45, 2.75) is 37.3 Å². The second kappa shape index (κ2) is 7.90. The van der Waals surface area contributed by atoms with E-state index in [1.54, 1.807) is 24.0 Å². The van der Waals surface area contributed by atoms with Crippen molar-refractivity contribution in [3.05, 3.63) is 65.2 Å². The van der Waals surface area contributed by atoms with Gasteiger partial charge in [0.05, 0.1) is 17.4 Å². The monoisotopic (exact) mass is 444 g/mol. The van der Waals surface area contributed by atoms with E-state index in [0.29, 0.717) is 12.1 Å². The number of carbonyl (C=O) groups is 2. The van der Waals surface area contributed by atoms with Crippen LogP contribution in [0.2, 0.25) is 0 Å². The Hall–Kier alpha value is -3.90. The van der Waals surface area contributed by atoms with E-state index in [-0.39, 0.29) is 24.1 Å². The van der Waals surface area contributed by atoms with E-state index in [1.165, 1.54) is 4.90 Å². The molecule has 2 aromatic heterocycles. The third kappa shape index (κ3) is 3.58. The van der Waals surface area contributed by atoms with Crippen molar-refractivity contribution in [1.82, 2.24) is 24.5 Å². The molecule has 0 spiro atoms. The van der Waals surface area contributed by atoms with Crippen molar-refractivity contribution in [3.63, 3.8) is 0 Å². The number of amides is 2. The van der Waals surface area contributed by atoms with Crippen LogP contribution in [0, 0.1) is 11.8 Å². The highest BCUT2D eigenvalue weighted by atomic mass is 16.3. The molecule has 0 saturated carbocycles. The van der Waals surface area contributed by atoms with Crippen molar-refractivity contribution >= 4 is 11.8 Å². The number of aromatic nitrogens is 4. The molecule has 9 heteroatoms. The number of hydrogen-bond acceptors (Lipinski definition) is 5. The average Bonchev–Trinajstić information content (AvgIpc) is 3.54. The highest BCUT2D eigenvalue weighted by Gasteiger charge is 2.42. The van der Waals surface area contributed by atoms with Crippen molar-refractivity contribution in [2.75, 3.05) is 13.6 Å². The maximum Gasteiger partial charge on any atom is 0.269 e. The van der Waals surface area contributed by atoms with E-state index in [2.05, 4.69) is 22.0 Å². The maximum absolute atomic E-state index is 12.3. The fourth-order valence-corrected chi connectivity index (χ4v) is 4.65. The highest BCUT2D eigenvalue weighted by Crippen LogP contribution is 2.36. The zero-order valence-corrected chi connectivity index (χ0v) is 18.2. The number of aliphatic hydroxyl groups is 1. The number of likely N-dealkylation sites (tertiary alicyclic amines) is 1. The van der Waals surface area contributed by atoms with Crippen molar-refractivity contribution in [2.24, 2.45) is 5.73 Å². The van der Waals surface area contributed by atoms with Crippen LogP contribution >= 0.6 is 0 Å². The molecule has 0 unspecified atom stereocenters. The Bertz CT molecular complexity index is 1300. The molecule has 1 aliphatic carbocycles. The fraction of sp³-hybridized carbons (Fsp3) is 0.333. The number of nitrogens with two attached hydrogens (primary N) is 1. The first-order valence-electron chi connectivity index (χ1n) is 10.9. The van der Waals surface area contributed by atoms with Crippen LogP contribution in [0.3, 0.4) is 0 Å². The molecule has 33 heavy (non-hydrogen) atoms. The molecule has 1 aliphatic heterocycles. The number of carbonyl (C=O) groups excluding carboxylic acids is 2. The van der Waals surface area contributed by atoms with Crippen LogP contribution in [-0.4, -0.2) is 60.6 Å². The van der Waals surface area contributed by atoms with Crippen LogP contribution in [0.15, 0.2) is 42.7 Å². The summed E-state index contributed by atoms with van der Waals surface area (Å²) < 4.78 is 3.59. The van der Waals surface area contributed by atoms with E-state index >= 15 is 0 Å². The summed E-state index contributed by atoms with van der Waals surface area (Å²) in [5.74, 6) is 4.71. The molecule has 3 aromatic rings. The van der Waals surface area contributed by atoms with Crippen LogP contribution in [0.25, 0.3) is 5.69 Å². The fourth-order valence-electron chi connectivity index (χ4n) is 4.65. The second-order valence-electron chi connectivity index (χ2n) is 8.52. The van der Waals surface area contributed by atoms with E-state index in [1.807, 2.05) is 35.1 Å². The Labute approximate surface area is 190 Å². The quantitative estimate of drug-likeness (QED) is 0.585. The summed E-state index contributed by atoms with van der Waals surface area (Å²) in [7, 11) is 1.65. The summed E-state index contributed by atoms with van der Waals surface area (Å²) in [4.78, 5) is 25.9. The molecule has 3 N–H and O–H groups in total. The summed E-state index contributed by atoms with van der Waals surface area (Å²) in [6.45, 7) is 0.469. The van der Waals surface area contributed by atoms with Gasteiger partial charge in [0.15, 0.2) is 5.69 Å². The first kappa shape index (κ1) is 21.0. The Morgan fingerprint density at radius 1 is 1.33 bits per heavy atom. The molecule has 2 amide bonds. The minimum atomic E-state index is -1.66. The number of rotatable bonds is 3. The molecular formula is C24H24N6O3. The van der Waals surface area contributed by atoms with E-state index in [0.717, 1.165) is 36.2 Å². The number of nitrogens with zero attached hydrogens (tertiary/aromatic N) is 5. The molecular weight excluding hydrogens is 420 g/mol. The van der Waals surface area contributed by atoms with Crippen LogP contribution in [0.5, 0.6) is 0 Å². The van der Waals surface area contributed by atoms with Gasteiger partial charge in [0.1, 0.15) is 0 Å². The van der Waals surface area contributed by atoms with Crippen molar-refractivity contribution in [1.29, 1.82) is 0 Å². The normalized spacial score (nSPS) is 22.1. The average molecular weight is 444 g/mol. The summed E-state index contributed by atoms with van der Waals surface area (Å²) in [5, 5.41) is 19.5. The minimum Gasteiger partial charge on any atom is -0.369 e. The molecule has 0 radical (unpaired) electrons. The lowest BCUT2D eigenvalue weighted by Crippen LogP contribution is -2.37. The van der Waals surface area contributed by atoms with Gasteiger partial charge in [-0.3, -0.25) is 14.3 Å². The summed E-state index contributed by atoms with van der Waals surface area (Å²) >= 11 is 0. The molecule has 168 valence electrons. The minimum absolute atomic E-state index is 0.109. The number of hydrogen-bond donors (Lipinski definition) is 2. The van der Waals surface area contributed by atoms with Gasteiger partial charge < -0.3 is 15.7 Å². The zero-order valence-electron chi connectivity index (χ0n) is 18.2. The topological polar surface area (TPSA) is 119 Å². The lowest BCUT2D eigenvalue weighted by molar-refractivity contribution is -0.137. The molecule has 2 aliphatic rings. The lowest BCUT2D eigenvalue weighted by atomic mass is 9.90. The van der Waals surface area contributed by atoms with Gasteiger partial charge in [0.25, 0.3) is 11.8 Å². The van der Waals surface area contributed by atoms with Crippen LogP contribution in [0.1, 0.15) is 52.6 Å². The molecule has 1 saturated heterocycles. The lowest BCUT2D eigenvalue weighted by Gasteiger charge is -2.24. The van der Waals surface area contributed by atoms with Gasteiger partial charge in [-0.15, -0.1) is 0 Å². The standard InChI is InChI=1S/C24H24N6O3/c1-28-14-11-24(33,23(28)32)10-9-16-5-2-6-17(15-16)30-19-8-3-7-18(29-13-4-12-26-29)20(19)21(27-30)22(25)31/h2,4-6,12-13,15,18,33H,3,7-8,11,14H2,1H3,(H2,25,31)/t18-,24-/m0/s1. The van der Waals surface area contributed by atoms with Gasteiger partial charge in [-0.2, -0.15) is 10.2 Å². The Balaban J connectivity index is 1.55. The molecule has 5 rings (SSSR count). The van der Waals surface area contributed by atoms with E-state index < -0.39 is 11.5 Å². The number of benzene rings is 1. The number of likely N-dealkylation sites (N-methyl/N-ethyl adjacent to an activating group) is 1. The highest BCUT2D eigenvalue weighted by molar-refractivity contribution is 5.93. The van der Waals surface area contributed by atoms with Crippen LogP contribution in [0.4, 0.5) is 0 Å². The smallest absolute Gasteiger partial charge is 0.269 e. The molecule has 3 heterocycles. The largest absolute Gasteiger partial charge is 0.369 e. The van der Waals surface area contributed by atoms with Gasteiger partial charge in [-0.05, 0) is 43.5 Å². The van der Waals surface area contributed by atoms with Crippen molar-refractivity contribution in [3.8, 4) is 17.5 Å². The number of primary amides is 1. The molecule has 0 bridgehead atoms. The molecule has 1 fully saturated rings. The molecule has 9 nitrogen and oxygen atoms in total. The molecule has 2 atom stereocenters. The second-order valence-corrected chi connectivity index (χ2v) is 8.52. The number of fused-ring (bicyclic) bond motifs is 1. The van der Waals surface area contributed by atoms with Crippen LogP contribution in [-0.2, 0) is 11.2 Å². The van der Waals surface area contributed by atoms with Gasteiger partial charge in [-0.25, -0.2) is 4.68 Å². The predicted octanol–water partition coefficient (Wildman–Crippen LogP) is 1.04.